The number of benzene rings is 3. The van der Waals surface area contributed by atoms with Crippen LogP contribution in [0.4, 0.5) is 0 Å². The summed E-state index contributed by atoms with van der Waals surface area (Å²) in [5.74, 6) is -4.01. The fourth-order valence-corrected chi connectivity index (χ4v) is 4.55. The van der Waals surface area contributed by atoms with Crippen molar-refractivity contribution >= 4 is 34.0 Å². The molecule has 13 heteroatoms. The van der Waals surface area contributed by atoms with Gasteiger partial charge in [0.05, 0.1) is 30.1 Å². The summed E-state index contributed by atoms with van der Waals surface area (Å²) in [6, 6.07) is 22.9. The summed E-state index contributed by atoms with van der Waals surface area (Å²) in [5.41, 5.74) is 0.179. The molecule has 0 aliphatic carbocycles. The maximum absolute atomic E-state index is 13.2. The Bertz CT molecular complexity index is 1510. The van der Waals surface area contributed by atoms with Gasteiger partial charge in [-0.1, -0.05) is 54.6 Å². The van der Waals surface area contributed by atoms with Gasteiger partial charge in [-0.2, -0.15) is 8.42 Å². The first-order valence-corrected chi connectivity index (χ1v) is 14.3. The molecule has 0 spiro atoms. The number of carbonyl (C=O) groups is 4. The molecule has 1 heterocycles. The zero-order valence-electron chi connectivity index (χ0n) is 22.4. The molecule has 12 nitrogen and oxygen atoms in total. The molecule has 3 aromatic rings. The van der Waals surface area contributed by atoms with E-state index < -0.39 is 64.7 Å². The van der Waals surface area contributed by atoms with Gasteiger partial charge in [0.2, 0.25) is 6.29 Å². The molecule has 0 N–H and O–H groups in total. The number of hydrogen-bond donors (Lipinski definition) is 0. The van der Waals surface area contributed by atoms with Crippen LogP contribution in [0.2, 0.25) is 0 Å². The van der Waals surface area contributed by atoms with Crippen molar-refractivity contribution in [3.05, 3.63) is 108 Å². The molecule has 0 radical (unpaired) electrons. The third-order valence-corrected chi connectivity index (χ3v) is 6.50. The Balaban J connectivity index is 1.81. The monoisotopic (exact) mass is 598 g/mol. The third kappa shape index (κ3) is 7.57. The van der Waals surface area contributed by atoms with Crippen molar-refractivity contribution in [3.8, 4) is 0 Å². The Morgan fingerprint density at radius 3 is 1.38 bits per heavy atom. The number of methoxy groups -OCH3 is 1. The molecule has 1 saturated heterocycles. The predicted molar refractivity (Wildman–Crippen MR) is 144 cm³/mol. The van der Waals surface area contributed by atoms with Crippen molar-refractivity contribution in [2.45, 2.75) is 30.7 Å². The average molecular weight is 599 g/mol. The van der Waals surface area contributed by atoms with Crippen molar-refractivity contribution < 1.29 is 55.5 Å². The van der Waals surface area contributed by atoms with Gasteiger partial charge in [-0.25, -0.2) is 23.4 Å². The summed E-state index contributed by atoms with van der Waals surface area (Å²) in [4.78, 5) is 52.4. The zero-order valence-corrected chi connectivity index (χ0v) is 23.2. The minimum atomic E-state index is -4.32. The summed E-state index contributed by atoms with van der Waals surface area (Å²) in [6.45, 7) is 0. The smallest absolute Gasteiger partial charge is 0.339 e. The average Bonchev–Trinajstić information content (AvgIpc) is 2.99. The van der Waals surface area contributed by atoms with Crippen LogP contribution in [0.25, 0.3) is 0 Å². The van der Waals surface area contributed by atoms with E-state index in [4.69, 9.17) is 27.9 Å². The van der Waals surface area contributed by atoms with Crippen molar-refractivity contribution in [2.24, 2.45) is 0 Å². The summed E-state index contributed by atoms with van der Waals surface area (Å²) in [5, 5.41) is 0. The minimum Gasteiger partial charge on any atom is -0.467 e. The van der Waals surface area contributed by atoms with Gasteiger partial charge in [-0.05, 0) is 36.4 Å². The van der Waals surface area contributed by atoms with E-state index in [1.54, 1.807) is 54.6 Å². The Kier molecular flexibility index (Phi) is 9.68. The number of ether oxygens (including phenoxy) is 5. The number of hydrogen-bond acceptors (Lipinski definition) is 12. The standard InChI is InChI=1S/C29H26O12S/c1-36-28(33)23-21(37-25(30)18-12-6-3-7-13-18)22(38-26(31)19-14-8-4-9-15-19)24(29(40-23)41-42(2,34)35)39-27(32)20-16-10-5-11-17-20/h3-17,21-24,29H,1-2H3/t21-,22-,23-,24+,29-/m0/s1. The first-order chi connectivity index (χ1) is 20.1. The van der Waals surface area contributed by atoms with Gasteiger partial charge in [0.15, 0.2) is 24.4 Å². The van der Waals surface area contributed by atoms with Crippen LogP contribution in [0.3, 0.4) is 0 Å². The Hall–Kier alpha value is -4.59. The highest BCUT2D eigenvalue weighted by Crippen LogP contribution is 2.32. The van der Waals surface area contributed by atoms with E-state index in [2.05, 4.69) is 0 Å². The van der Waals surface area contributed by atoms with Crippen LogP contribution in [0, 0.1) is 0 Å². The molecule has 220 valence electrons. The number of esters is 4. The van der Waals surface area contributed by atoms with Gasteiger partial charge in [-0.15, -0.1) is 0 Å². The van der Waals surface area contributed by atoms with Crippen molar-refractivity contribution in [1.29, 1.82) is 0 Å². The van der Waals surface area contributed by atoms with Crippen LogP contribution in [-0.4, -0.2) is 76.4 Å². The zero-order chi connectivity index (χ0) is 30.3. The van der Waals surface area contributed by atoms with E-state index >= 15 is 0 Å². The Labute approximate surface area is 241 Å². The normalized spacial score (nSPS) is 21.9. The lowest BCUT2D eigenvalue weighted by Crippen LogP contribution is -2.64. The van der Waals surface area contributed by atoms with E-state index in [9.17, 15) is 27.6 Å². The van der Waals surface area contributed by atoms with Gasteiger partial charge >= 0.3 is 23.9 Å². The molecule has 5 atom stereocenters. The fourth-order valence-electron chi connectivity index (χ4n) is 4.05. The largest absolute Gasteiger partial charge is 0.467 e. The fraction of sp³-hybridized carbons (Fsp3) is 0.241. The van der Waals surface area contributed by atoms with Crippen LogP contribution in [0.5, 0.6) is 0 Å². The van der Waals surface area contributed by atoms with Crippen molar-refractivity contribution in [1.82, 2.24) is 0 Å². The molecule has 1 aliphatic rings. The van der Waals surface area contributed by atoms with Gasteiger partial charge in [0.1, 0.15) is 0 Å². The van der Waals surface area contributed by atoms with E-state index in [1.807, 2.05) is 0 Å². The van der Waals surface area contributed by atoms with Gasteiger partial charge in [0.25, 0.3) is 10.1 Å². The summed E-state index contributed by atoms with van der Waals surface area (Å²) < 4.78 is 56.7. The third-order valence-electron chi connectivity index (χ3n) is 5.96. The Morgan fingerprint density at radius 1 is 0.619 bits per heavy atom. The molecular formula is C29H26O12S. The van der Waals surface area contributed by atoms with E-state index in [0.29, 0.717) is 6.26 Å². The molecule has 0 bridgehead atoms. The lowest BCUT2D eigenvalue weighted by atomic mass is 9.97. The van der Waals surface area contributed by atoms with Gasteiger partial charge < -0.3 is 23.7 Å². The number of rotatable bonds is 9. The predicted octanol–water partition coefficient (Wildman–Crippen LogP) is 2.54. The van der Waals surface area contributed by atoms with Crippen LogP contribution in [-0.2, 0) is 42.8 Å². The molecular weight excluding hydrogens is 572 g/mol. The summed E-state index contributed by atoms with van der Waals surface area (Å²) in [7, 11) is -3.30. The first-order valence-electron chi connectivity index (χ1n) is 12.5. The van der Waals surface area contributed by atoms with Crippen LogP contribution < -0.4 is 0 Å². The highest BCUT2D eigenvalue weighted by molar-refractivity contribution is 7.86. The lowest BCUT2D eigenvalue weighted by molar-refractivity contribution is -0.269. The van der Waals surface area contributed by atoms with Crippen LogP contribution >= 0.6 is 0 Å². The molecule has 3 aromatic carbocycles. The highest BCUT2D eigenvalue weighted by Gasteiger charge is 2.56. The molecule has 1 fully saturated rings. The number of carbonyl (C=O) groups excluding carboxylic acids is 4. The second-order valence-electron chi connectivity index (χ2n) is 8.96. The SMILES string of the molecule is COC(=O)[C@H]1O[C@@H](OS(C)(=O)=O)[C@H](OC(=O)c2ccccc2)[C@@H](OC(=O)c2ccccc2)[C@@H]1OC(=O)c1ccccc1. The molecule has 0 unspecified atom stereocenters. The van der Waals surface area contributed by atoms with E-state index in [-0.39, 0.29) is 16.7 Å². The highest BCUT2D eigenvalue weighted by atomic mass is 32.2. The molecule has 0 amide bonds. The van der Waals surface area contributed by atoms with Crippen LogP contribution in [0.1, 0.15) is 31.1 Å². The maximum atomic E-state index is 13.2. The van der Waals surface area contributed by atoms with Crippen molar-refractivity contribution in [2.75, 3.05) is 13.4 Å². The molecule has 0 saturated carbocycles. The molecule has 0 aromatic heterocycles. The summed E-state index contributed by atoms with van der Waals surface area (Å²) >= 11 is 0. The topological polar surface area (TPSA) is 158 Å². The molecule has 4 rings (SSSR count). The second-order valence-corrected chi connectivity index (χ2v) is 10.6. The lowest BCUT2D eigenvalue weighted by Gasteiger charge is -2.42. The van der Waals surface area contributed by atoms with E-state index in [0.717, 1.165) is 7.11 Å². The molecule has 42 heavy (non-hydrogen) atoms. The minimum absolute atomic E-state index is 0.0525. The van der Waals surface area contributed by atoms with Crippen molar-refractivity contribution in [3.63, 3.8) is 0 Å². The first kappa shape index (κ1) is 30.4. The van der Waals surface area contributed by atoms with E-state index in [1.165, 1.54) is 36.4 Å². The van der Waals surface area contributed by atoms with Gasteiger partial charge in [0, 0.05) is 0 Å². The second kappa shape index (κ2) is 13.4. The van der Waals surface area contributed by atoms with Gasteiger partial charge in [-0.3, -0.25) is 0 Å². The van der Waals surface area contributed by atoms with Crippen LogP contribution in [0.15, 0.2) is 91.0 Å². The quantitative estimate of drug-likeness (QED) is 0.202. The Morgan fingerprint density at radius 2 is 1.00 bits per heavy atom. The summed E-state index contributed by atoms with van der Waals surface area (Å²) in [6.07, 6.45) is -8.64. The maximum Gasteiger partial charge on any atom is 0.339 e. The molecule has 1 aliphatic heterocycles.